The number of ether oxygens (including phenoxy) is 1. The second kappa shape index (κ2) is 8.82. The molecule has 1 saturated heterocycles. The van der Waals surface area contributed by atoms with Crippen LogP contribution < -0.4 is 4.90 Å². The number of halogens is 3. The number of piperazine rings is 1. The number of anilines is 1. The molecule has 3 fully saturated rings. The Morgan fingerprint density at radius 2 is 1.90 bits per heavy atom. The zero-order chi connectivity index (χ0) is 20.4. The van der Waals surface area contributed by atoms with Crippen LogP contribution in [0.5, 0.6) is 0 Å². The molecular formula is C22H31F3N2O2. The van der Waals surface area contributed by atoms with E-state index >= 15 is 0 Å². The first kappa shape index (κ1) is 20.9. The van der Waals surface area contributed by atoms with Gasteiger partial charge in [0.1, 0.15) is 0 Å². The molecule has 4 atom stereocenters. The van der Waals surface area contributed by atoms with Crippen LogP contribution in [0.4, 0.5) is 18.9 Å². The summed E-state index contributed by atoms with van der Waals surface area (Å²) in [7, 11) is 0. The van der Waals surface area contributed by atoms with Crippen molar-refractivity contribution in [1.29, 1.82) is 0 Å². The number of alkyl halides is 3. The molecule has 2 saturated carbocycles. The van der Waals surface area contributed by atoms with Crippen molar-refractivity contribution in [3.05, 3.63) is 29.8 Å². The number of benzene rings is 1. The van der Waals surface area contributed by atoms with Crippen molar-refractivity contribution in [3.8, 4) is 0 Å². The van der Waals surface area contributed by atoms with E-state index in [2.05, 4.69) is 4.90 Å². The second-order valence-corrected chi connectivity index (χ2v) is 8.96. The van der Waals surface area contributed by atoms with Gasteiger partial charge in [-0.15, -0.1) is 0 Å². The van der Waals surface area contributed by atoms with E-state index in [1.165, 1.54) is 37.8 Å². The number of nitrogens with zero attached hydrogens (tertiary/aromatic N) is 2. The van der Waals surface area contributed by atoms with Crippen LogP contribution in [-0.2, 0) is 10.9 Å². The Kier molecular flexibility index (Phi) is 6.37. The van der Waals surface area contributed by atoms with Crippen LogP contribution in [0.2, 0.25) is 0 Å². The smallest absolute Gasteiger partial charge is 0.389 e. The standard InChI is InChI=1S/C22H31F3N2O2/c23-22(24,25)19-2-1-3-20(12-19)27-8-6-26(7-9-27)13-21(28)15-29-14-18-11-16-4-5-17(18)10-16/h1-3,12,16-18,21,28H,4-11,13-15H2/t16-,17-,18+,21-/m1/s1. The van der Waals surface area contributed by atoms with Gasteiger partial charge < -0.3 is 14.7 Å². The minimum Gasteiger partial charge on any atom is -0.389 e. The van der Waals surface area contributed by atoms with Crippen LogP contribution in [0.3, 0.4) is 0 Å². The van der Waals surface area contributed by atoms with Gasteiger partial charge in [-0.3, -0.25) is 4.90 Å². The third kappa shape index (κ3) is 5.25. The third-order valence-electron chi connectivity index (χ3n) is 6.91. The van der Waals surface area contributed by atoms with Crippen LogP contribution in [0, 0.1) is 17.8 Å². The van der Waals surface area contributed by atoms with E-state index in [4.69, 9.17) is 4.74 Å². The SMILES string of the molecule is O[C@@H](COC[C@@H]1C[C@@H]2CC[C@@H]1C2)CN1CCN(c2cccc(C(F)(F)F)c2)CC1. The number of β-amino-alcohol motifs (C(OH)–C–C–N with tert-alkyl or cyclic N) is 1. The van der Waals surface area contributed by atoms with Gasteiger partial charge in [0.05, 0.1) is 18.3 Å². The fraction of sp³-hybridized carbons (Fsp3) is 0.727. The van der Waals surface area contributed by atoms with Crippen LogP contribution >= 0.6 is 0 Å². The molecule has 4 nitrogen and oxygen atoms in total. The number of rotatable bonds is 7. The van der Waals surface area contributed by atoms with E-state index in [0.29, 0.717) is 37.8 Å². The monoisotopic (exact) mass is 412 g/mol. The number of hydrogen-bond donors (Lipinski definition) is 1. The van der Waals surface area contributed by atoms with Crippen molar-refractivity contribution in [2.75, 3.05) is 50.8 Å². The van der Waals surface area contributed by atoms with Gasteiger partial charge in [0.15, 0.2) is 0 Å². The molecule has 1 N–H and O–H groups in total. The second-order valence-electron chi connectivity index (χ2n) is 8.96. The normalized spacial score (nSPS) is 28.8. The highest BCUT2D eigenvalue weighted by Gasteiger charge is 2.39. The van der Waals surface area contributed by atoms with Crippen molar-refractivity contribution < 1.29 is 23.0 Å². The summed E-state index contributed by atoms with van der Waals surface area (Å²) in [6, 6.07) is 5.51. The molecule has 0 radical (unpaired) electrons. The van der Waals surface area contributed by atoms with Crippen LogP contribution in [0.1, 0.15) is 31.2 Å². The maximum atomic E-state index is 12.9. The van der Waals surface area contributed by atoms with E-state index in [1.54, 1.807) is 6.07 Å². The Balaban J connectivity index is 1.17. The Hall–Kier alpha value is -1.31. The maximum absolute atomic E-state index is 12.9. The topological polar surface area (TPSA) is 35.9 Å². The minimum atomic E-state index is -4.32. The predicted molar refractivity (Wildman–Crippen MR) is 106 cm³/mol. The fourth-order valence-electron chi connectivity index (χ4n) is 5.35. The molecule has 0 amide bonds. The lowest BCUT2D eigenvalue weighted by molar-refractivity contribution is -0.137. The number of hydrogen-bond acceptors (Lipinski definition) is 4. The highest BCUT2D eigenvalue weighted by Crippen LogP contribution is 2.48. The van der Waals surface area contributed by atoms with Crippen molar-refractivity contribution in [3.63, 3.8) is 0 Å². The Morgan fingerprint density at radius 3 is 2.55 bits per heavy atom. The van der Waals surface area contributed by atoms with Gasteiger partial charge in [0, 0.05) is 45.0 Å². The number of aliphatic hydroxyl groups is 1. The molecule has 1 aliphatic heterocycles. The van der Waals surface area contributed by atoms with Crippen molar-refractivity contribution in [2.24, 2.45) is 17.8 Å². The molecule has 3 aliphatic rings. The summed E-state index contributed by atoms with van der Waals surface area (Å²) < 4.78 is 44.6. The quantitative estimate of drug-likeness (QED) is 0.742. The van der Waals surface area contributed by atoms with Gasteiger partial charge in [-0.1, -0.05) is 12.5 Å². The van der Waals surface area contributed by atoms with Crippen LogP contribution in [-0.4, -0.2) is 62.0 Å². The third-order valence-corrected chi connectivity index (χ3v) is 6.91. The van der Waals surface area contributed by atoms with Gasteiger partial charge in [-0.25, -0.2) is 0 Å². The summed E-state index contributed by atoms with van der Waals surface area (Å²) >= 11 is 0. The largest absolute Gasteiger partial charge is 0.416 e. The summed E-state index contributed by atoms with van der Waals surface area (Å²) in [5, 5.41) is 10.3. The lowest BCUT2D eigenvalue weighted by atomic mass is 9.90. The number of aliphatic hydroxyl groups excluding tert-OH is 1. The Bertz CT molecular complexity index is 676. The van der Waals surface area contributed by atoms with Crippen LogP contribution in [0.25, 0.3) is 0 Å². The average molecular weight is 412 g/mol. The number of fused-ring (bicyclic) bond motifs is 2. The van der Waals surface area contributed by atoms with Gasteiger partial charge in [-0.05, 0) is 55.2 Å². The average Bonchev–Trinajstić information content (AvgIpc) is 3.31. The maximum Gasteiger partial charge on any atom is 0.416 e. The van der Waals surface area contributed by atoms with Crippen LogP contribution in [0.15, 0.2) is 24.3 Å². The summed E-state index contributed by atoms with van der Waals surface area (Å²) in [5.74, 6) is 2.42. The van der Waals surface area contributed by atoms with Crippen molar-refractivity contribution in [2.45, 2.75) is 38.0 Å². The molecule has 1 aromatic rings. The van der Waals surface area contributed by atoms with Crippen molar-refractivity contribution >= 4 is 5.69 Å². The summed E-state index contributed by atoms with van der Waals surface area (Å²) in [6.07, 6.45) is 0.548. The molecular weight excluding hydrogens is 381 g/mol. The summed E-state index contributed by atoms with van der Waals surface area (Å²) in [4.78, 5) is 4.14. The van der Waals surface area contributed by atoms with E-state index in [9.17, 15) is 18.3 Å². The first-order valence-corrected chi connectivity index (χ1v) is 10.8. The van der Waals surface area contributed by atoms with Gasteiger partial charge in [0.2, 0.25) is 0 Å². The van der Waals surface area contributed by atoms with Gasteiger partial charge in [0.25, 0.3) is 0 Å². The Labute approximate surface area is 170 Å². The predicted octanol–water partition coefficient (Wildman–Crippen LogP) is 3.64. The van der Waals surface area contributed by atoms with E-state index in [0.717, 1.165) is 37.6 Å². The lowest BCUT2D eigenvalue weighted by Crippen LogP contribution is -2.49. The highest BCUT2D eigenvalue weighted by molar-refractivity contribution is 5.49. The molecule has 2 bridgehead atoms. The Morgan fingerprint density at radius 1 is 1.10 bits per heavy atom. The molecule has 162 valence electrons. The molecule has 2 aliphatic carbocycles. The molecule has 0 aromatic heterocycles. The summed E-state index contributed by atoms with van der Waals surface area (Å²) in [6.45, 7) is 4.43. The molecule has 1 aromatic carbocycles. The molecule has 29 heavy (non-hydrogen) atoms. The molecule has 1 heterocycles. The van der Waals surface area contributed by atoms with E-state index in [-0.39, 0.29) is 0 Å². The first-order valence-electron chi connectivity index (χ1n) is 10.8. The molecule has 0 unspecified atom stereocenters. The minimum absolute atomic E-state index is 0.363. The summed E-state index contributed by atoms with van der Waals surface area (Å²) in [5.41, 5.74) is -0.00490. The van der Waals surface area contributed by atoms with E-state index < -0.39 is 17.8 Å². The lowest BCUT2D eigenvalue weighted by Gasteiger charge is -2.37. The van der Waals surface area contributed by atoms with E-state index in [1.807, 2.05) is 4.90 Å². The molecule has 0 spiro atoms. The van der Waals surface area contributed by atoms with Crippen molar-refractivity contribution in [1.82, 2.24) is 4.90 Å². The first-order chi connectivity index (χ1) is 13.9. The molecule has 4 rings (SSSR count). The molecule has 7 heteroatoms. The van der Waals surface area contributed by atoms with Gasteiger partial charge >= 0.3 is 6.18 Å². The highest BCUT2D eigenvalue weighted by atomic mass is 19.4. The zero-order valence-electron chi connectivity index (χ0n) is 16.8. The zero-order valence-corrected chi connectivity index (χ0v) is 16.8. The van der Waals surface area contributed by atoms with Gasteiger partial charge in [-0.2, -0.15) is 13.2 Å². The fourth-order valence-corrected chi connectivity index (χ4v) is 5.35.